The number of hydrogen-bond acceptors (Lipinski definition) is 9. The van der Waals surface area contributed by atoms with Crippen molar-refractivity contribution in [2.24, 2.45) is 35.5 Å². The van der Waals surface area contributed by atoms with E-state index >= 15 is 0 Å². The molecule has 4 saturated heterocycles. The zero-order chi connectivity index (χ0) is 39.0. The Hall–Kier alpha value is -0.810. The zero-order valence-corrected chi connectivity index (χ0v) is 35.4. The molecule has 302 valence electrons. The molecule has 51 heavy (non-hydrogen) atoms. The molecule has 5 fully saturated rings. The first kappa shape index (κ1) is 46.3. The van der Waals surface area contributed by atoms with Crippen LogP contribution in [0.5, 0.6) is 0 Å². The van der Waals surface area contributed by atoms with Gasteiger partial charge in [-0.15, -0.1) is 0 Å². The highest BCUT2D eigenvalue weighted by atomic mass is 16.6. The van der Waals surface area contributed by atoms with Crippen molar-refractivity contribution in [3.05, 3.63) is 0 Å². The highest BCUT2D eigenvalue weighted by Crippen LogP contribution is 2.53. The molecule has 9 heteroatoms. The number of epoxide rings is 1. The first-order valence-electron chi connectivity index (χ1n) is 20.9. The van der Waals surface area contributed by atoms with Crippen LogP contribution in [0.4, 0.5) is 0 Å². The molecular formula is C42H81NO8. The van der Waals surface area contributed by atoms with Crippen LogP contribution < -0.4 is 0 Å². The second-order valence-corrected chi connectivity index (χ2v) is 16.9. The van der Waals surface area contributed by atoms with Gasteiger partial charge in [0.15, 0.2) is 0 Å². The van der Waals surface area contributed by atoms with E-state index in [9.17, 15) is 20.1 Å². The van der Waals surface area contributed by atoms with Crippen LogP contribution in [0.3, 0.4) is 0 Å². The van der Waals surface area contributed by atoms with Gasteiger partial charge in [-0.25, -0.2) is 0 Å². The number of rotatable bonds is 7. The van der Waals surface area contributed by atoms with Gasteiger partial charge in [-0.2, -0.15) is 0 Å². The molecule has 9 nitrogen and oxygen atoms in total. The molecule has 0 radical (unpaired) electrons. The molecule has 0 aromatic carbocycles. The van der Waals surface area contributed by atoms with Crippen LogP contribution in [0.25, 0.3) is 0 Å². The van der Waals surface area contributed by atoms with E-state index in [0.29, 0.717) is 37.7 Å². The molecule has 1 aliphatic carbocycles. The summed E-state index contributed by atoms with van der Waals surface area (Å²) < 4.78 is 25.0. The molecule has 17 atom stereocenters. The number of aliphatic hydroxyl groups is 3. The number of cyclic esters (lactones) is 1. The molecular weight excluding hydrogens is 646 g/mol. The Morgan fingerprint density at radius 3 is 2.12 bits per heavy atom. The van der Waals surface area contributed by atoms with Crippen LogP contribution in [-0.2, 0) is 23.7 Å². The van der Waals surface area contributed by atoms with Gasteiger partial charge in [0.2, 0.25) is 0 Å². The van der Waals surface area contributed by atoms with Crippen LogP contribution >= 0.6 is 0 Å². The fourth-order valence-corrected chi connectivity index (χ4v) is 10.0. The highest BCUT2D eigenvalue weighted by molar-refractivity contribution is 5.69. The van der Waals surface area contributed by atoms with Crippen molar-refractivity contribution in [1.29, 1.82) is 0 Å². The van der Waals surface area contributed by atoms with Gasteiger partial charge < -0.3 is 39.2 Å². The quantitative estimate of drug-likeness (QED) is 0.182. The largest absolute Gasteiger partial charge is 0.462 e. The van der Waals surface area contributed by atoms with E-state index in [1.807, 2.05) is 55.6 Å². The maximum absolute atomic E-state index is 13.0. The SMILES string of the molecule is CC.CC.CCC12CC(O)CC(C)C1O2.CC[C@@H](O)[C@H](C)C1OC(=O)CCC(C)[C@@H](CC2OC(C)CC(N(C)C)C2O)[C@]2(C)CC(C)C(O2)[C@@H]1C. The Bertz CT molecular complexity index is 1030. The van der Waals surface area contributed by atoms with Gasteiger partial charge in [-0.05, 0) is 96.6 Å². The van der Waals surface area contributed by atoms with Crippen molar-refractivity contribution in [3.63, 3.8) is 0 Å². The number of carbonyl (C=O) groups is 1. The monoisotopic (exact) mass is 728 g/mol. The van der Waals surface area contributed by atoms with Crippen molar-refractivity contribution < 1.29 is 39.1 Å². The first-order valence-corrected chi connectivity index (χ1v) is 20.9. The fraction of sp³-hybridized carbons (Fsp3) is 0.976. The van der Waals surface area contributed by atoms with E-state index in [2.05, 4.69) is 53.4 Å². The summed E-state index contributed by atoms with van der Waals surface area (Å²) in [5.41, 5.74) is -0.309. The molecule has 0 aromatic rings. The summed E-state index contributed by atoms with van der Waals surface area (Å²) in [7, 11) is 4.04. The zero-order valence-electron chi connectivity index (χ0n) is 35.4. The summed E-state index contributed by atoms with van der Waals surface area (Å²) in [4.78, 5) is 15.1. The second-order valence-electron chi connectivity index (χ2n) is 16.9. The average molecular weight is 728 g/mol. The van der Waals surface area contributed by atoms with E-state index in [1.165, 1.54) is 0 Å². The van der Waals surface area contributed by atoms with Crippen molar-refractivity contribution in [2.45, 2.75) is 214 Å². The lowest BCUT2D eigenvalue weighted by molar-refractivity contribution is -0.174. The third kappa shape index (κ3) is 11.1. The van der Waals surface area contributed by atoms with Crippen LogP contribution in [0.1, 0.15) is 148 Å². The van der Waals surface area contributed by atoms with Gasteiger partial charge in [0, 0.05) is 30.7 Å². The molecule has 1 saturated carbocycles. The van der Waals surface area contributed by atoms with Gasteiger partial charge in [-0.3, -0.25) is 4.79 Å². The summed E-state index contributed by atoms with van der Waals surface area (Å²) in [6, 6.07) is 0.0583. The van der Waals surface area contributed by atoms with Crippen molar-refractivity contribution in [1.82, 2.24) is 4.90 Å². The Labute approximate surface area is 312 Å². The lowest BCUT2D eigenvalue weighted by Gasteiger charge is -2.46. The molecule has 0 spiro atoms. The number of ether oxygens (including phenoxy) is 4. The Morgan fingerprint density at radius 2 is 1.55 bits per heavy atom. The first-order chi connectivity index (χ1) is 24.0. The van der Waals surface area contributed by atoms with E-state index in [-0.39, 0.29) is 83.3 Å². The predicted octanol–water partition coefficient (Wildman–Crippen LogP) is 7.41. The third-order valence-electron chi connectivity index (χ3n) is 12.9. The van der Waals surface area contributed by atoms with E-state index < -0.39 is 12.2 Å². The molecule has 3 N–H and O–H groups in total. The minimum atomic E-state index is -0.565. The van der Waals surface area contributed by atoms with E-state index in [1.54, 1.807) is 0 Å². The Kier molecular flexibility index (Phi) is 18.4. The molecule has 4 heterocycles. The summed E-state index contributed by atoms with van der Waals surface area (Å²) >= 11 is 0. The number of fused-ring (bicyclic) bond motifs is 3. The Balaban J connectivity index is 0.000000498. The lowest BCUT2D eigenvalue weighted by Crippen LogP contribution is -2.55. The van der Waals surface area contributed by atoms with Crippen molar-refractivity contribution >= 4 is 5.97 Å². The maximum Gasteiger partial charge on any atom is 0.306 e. The second kappa shape index (κ2) is 20.2. The number of likely N-dealkylation sites (N-methyl/N-ethyl adjacent to an activating group) is 1. The van der Waals surface area contributed by atoms with Gasteiger partial charge in [0.1, 0.15) is 6.10 Å². The van der Waals surface area contributed by atoms with Crippen LogP contribution in [-0.4, -0.2) is 106 Å². The van der Waals surface area contributed by atoms with Crippen LogP contribution in [0, 0.1) is 35.5 Å². The molecule has 2 bridgehead atoms. The standard InChI is InChI=1S/C29H53NO6.C9H16O2.2C2H6/c1-10-23(31)19(5)28-20(6)27-17(3)15-29(7,36-27)21(16(2)11-12-25(32)35-28)14-24-26(33)22(30(8)9)13-18(4)34-24;1-3-9-5-7(10)4-6(2)8(9)11-9;2*1-2/h16-24,26-28,31,33H,10-15H2,1-9H3;6-8,10H,3-5H2,1-2H3;2*1-2H3/t16?,17?,18?,19-,20-,21+,22?,23+,24?,26?,27?,28?,29-;;;/m0.../s1. The van der Waals surface area contributed by atoms with E-state index in [4.69, 9.17) is 18.9 Å². The number of esters is 1. The number of nitrogens with zero attached hydrogens (tertiary/aromatic N) is 1. The fourth-order valence-electron chi connectivity index (χ4n) is 10.0. The topological polar surface area (TPSA) is 121 Å². The molecule has 0 amide bonds. The summed E-state index contributed by atoms with van der Waals surface area (Å²) in [5.74, 6) is 0.776. The maximum atomic E-state index is 13.0. The number of aliphatic hydroxyl groups excluding tert-OH is 3. The molecule has 4 aliphatic heterocycles. The van der Waals surface area contributed by atoms with Gasteiger partial charge in [-0.1, -0.05) is 76.2 Å². The number of hydrogen-bond donors (Lipinski definition) is 3. The summed E-state index contributed by atoms with van der Waals surface area (Å²) in [5, 5.41) is 31.4. The average Bonchev–Trinajstić information content (AvgIpc) is 3.76. The minimum Gasteiger partial charge on any atom is -0.462 e. The van der Waals surface area contributed by atoms with E-state index in [0.717, 1.165) is 32.1 Å². The van der Waals surface area contributed by atoms with Crippen LogP contribution in [0.2, 0.25) is 0 Å². The summed E-state index contributed by atoms with van der Waals surface area (Å²) in [6.45, 7) is 27.1. The molecule has 0 aromatic heterocycles. The summed E-state index contributed by atoms with van der Waals surface area (Å²) in [6.07, 6.45) is 5.51. The predicted molar refractivity (Wildman–Crippen MR) is 205 cm³/mol. The number of carbonyl (C=O) groups excluding carboxylic acids is 1. The molecule has 5 aliphatic rings. The molecule has 5 rings (SSSR count). The molecule has 12 unspecified atom stereocenters. The normalized spacial score (nSPS) is 44.8. The van der Waals surface area contributed by atoms with Gasteiger partial charge >= 0.3 is 5.97 Å². The van der Waals surface area contributed by atoms with Crippen molar-refractivity contribution in [3.8, 4) is 0 Å². The van der Waals surface area contributed by atoms with Crippen LogP contribution in [0.15, 0.2) is 0 Å². The third-order valence-corrected chi connectivity index (χ3v) is 12.9. The highest BCUT2D eigenvalue weighted by Gasteiger charge is 2.60. The minimum absolute atomic E-state index is 0.0364. The lowest BCUT2D eigenvalue weighted by atomic mass is 9.71. The Morgan fingerprint density at radius 1 is 0.922 bits per heavy atom. The van der Waals surface area contributed by atoms with Gasteiger partial charge in [0.05, 0.1) is 53.9 Å². The van der Waals surface area contributed by atoms with Crippen molar-refractivity contribution in [2.75, 3.05) is 14.1 Å². The smallest absolute Gasteiger partial charge is 0.306 e. The van der Waals surface area contributed by atoms with Gasteiger partial charge in [0.25, 0.3) is 0 Å².